The Kier molecular flexibility index (Phi) is 13.4. The standard InChI is InChI=1S/C34H46N6O4/c1-5-26(6-2)22-30(40-21-20-36-39-40)31(41)34(23-25(3)4,33(43)37-35)29(19-13-18-27-14-9-7-10-15-27)32(42)38-44-24-28-16-11-8-12-17-28/h7-18,20-21,25-26,29-30H,5-6,19,22-24,35H2,1-4H3,(H,37,43)(H,38,42)/b18-13+/t29-,30?,34-/m1/s1. The molecule has 1 aromatic heterocycles. The van der Waals surface area contributed by atoms with Gasteiger partial charge in [-0.05, 0) is 42.2 Å². The zero-order chi connectivity index (χ0) is 32.0. The highest BCUT2D eigenvalue weighted by Crippen LogP contribution is 2.43. The molecule has 4 N–H and O–H groups in total. The quantitative estimate of drug-likeness (QED) is 0.0786. The van der Waals surface area contributed by atoms with E-state index in [1.54, 1.807) is 6.20 Å². The normalized spacial score (nSPS) is 14.3. The van der Waals surface area contributed by atoms with Gasteiger partial charge < -0.3 is 0 Å². The molecule has 10 heteroatoms. The van der Waals surface area contributed by atoms with E-state index in [0.717, 1.165) is 24.0 Å². The highest BCUT2D eigenvalue weighted by Gasteiger charge is 2.56. The first-order chi connectivity index (χ1) is 21.3. The van der Waals surface area contributed by atoms with Crippen molar-refractivity contribution in [2.24, 2.45) is 29.0 Å². The highest BCUT2D eigenvalue weighted by atomic mass is 16.6. The smallest absolute Gasteiger partial charge is 0.248 e. The van der Waals surface area contributed by atoms with Crippen LogP contribution in [0.3, 0.4) is 0 Å². The zero-order valence-corrected chi connectivity index (χ0v) is 26.2. The molecule has 0 aliphatic heterocycles. The molecule has 2 aromatic carbocycles. The van der Waals surface area contributed by atoms with Gasteiger partial charge in [0.1, 0.15) is 11.5 Å². The Balaban J connectivity index is 2.11. The van der Waals surface area contributed by atoms with E-state index in [0.29, 0.717) is 6.42 Å². The number of carbonyl (C=O) groups is 3. The van der Waals surface area contributed by atoms with Crippen LogP contribution in [0.2, 0.25) is 0 Å². The lowest BCUT2D eigenvalue weighted by atomic mass is 9.63. The summed E-state index contributed by atoms with van der Waals surface area (Å²) in [4.78, 5) is 48.7. The number of hydrogen-bond donors (Lipinski definition) is 3. The van der Waals surface area contributed by atoms with Crippen LogP contribution in [0.25, 0.3) is 6.08 Å². The van der Waals surface area contributed by atoms with Crippen molar-refractivity contribution in [3.8, 4) is 0 Å². The van der Waals surface area contributed by atoms with E-state index in [1.165, 1.54) is 10.9 Å². The van der Waals surface area contributed by atoms with E-state index >= 15 is 0 Å². The molecule has 2 amide bonds. The number of nitrogens with zero attached hydrogens (tertiary/aromatic N) is 3. The lowest BCUT2D eigenvalue weighted by molar-refractivity contribution is -0.160. The van der Waals surface area contributed by atoms with Gasteiger partial charge in [0.05, 0.1) is 18.7 Å². The first-order valence-corrected chi connectivity index (χ1v) is 15.3. The van der Waals surface area contributed by atoms with Gasteiger partial charge in [-0.2, -0.15) is 0 Å². The Hall–Kier alpha value is -4.15. The number of carbonyl (C=O) groups excluding carboxylic acids is 3. The van der Waals surface area contributed by atoms with Crippen molar-refractivity contribution in [3.63, 3.8) is 0 Å². The number of amides is 2. The fourth-order valence-electron chi connectivity index (χ4n) is 5.78. The molecular formula is C34H46N6O4. The number of hydrogen-bond acceptors (Lipinski definition) is 7. The number of aromatic nitrogens is 3. The lowest BCUT2D eigenvalue weighted by Gasteiger charge is -2.40. The monoisotopic (exact) mass is 602 g/mol. The first-order valence-electron chi connectivity index (χ1n) is 15.3. The number of nitrogens with two attached hydrogens (primary N) is 1. The van der Waals surface area contributed by atoms with E-state index in [2.05, 4.69) is 35.1 Å². The molecule has 1 heterocycles. The maximum atomic E-state index is 15.0. The number of ketones is 1. The molecule has 0 saturated carbocycles. The van der Waals surface area contributed by atoms with Crippen molar-refractivity contribution in [1.82, 2.24) is 25.9 Å². The Labute approximate surface area is 260 Å². The molecule has 0 spiro atoms. The number of allylic oxidation sites excluding steroid dienone is 1. The topological polar surface area (TPSA) is 141 Å². The molecule has 3 atom stereocenters. The van der Waals surface area contributed by atoms with Crippen molar-refractivity contribution < 1.29 is 19.2 Å². The summed E-state index contributed by atoms with van der Waals surface area (Å²) in [5, 5.41) is 8.12. The van der Waals surface area contributed by atoms with Crippen LogP contribution in [-0.4, -0.2) is 32.6 Å². The largest absolute Gasteiger partial charge is 0.296 e. The van der Waals surface area contributed by atoms with Gasteiger partial charge in [0.2, 0.25) is 11.8 Å². The predicted molar refractivity (Wildman–Crippen MR) is 170 cm³/mol. The van der Waals surface area contributed by atoms with E-state index in [-0.39, 0.29) is 31.3 Å². The lowest BCUT2D eigenvalue weighted by Crippen LogP contribution is -2.59. The third kappa shape index (κ3) is 8.93. The minimum absolute atomic E-state index is 0.0797. The Bertz CT molecular complexity index is 1330. The molecule has 0 fully saturated rings. The van der Waals surface area contributed by atoms with E-state index in [9.17, 15) is 14.4 Å². The van der Waals surface area contributed by atoms with Crippen molar-refractivity contribution in [2.45, 2.75) is 72.4 Å². The summed E-state index contributed by atoms with van der Waals surface area (Å²) in [6.45, 7) is 8.08. The maximum absolute atomic E-state index is 15.0. The second-order valence-corrected chi connectivity index (χ2v) is 11.6. The molecule has 236 valence electrons. The molecule has 0 aliphatic carbocycles. The average Bonchev–Trinajstić information content (AvgIpc) is 3.58. The molecule has 0 radical (unpaired) electrons. The number of hydrazine groups is 1. The van der Waals surface area contributed by atoms with Gasteiger partial charge in [-0.25, -0.2) is 16.0 Å². The van der Waals surface area contributed by atoms with Gasteiger partial charge >= 0.3 is 0 Å². The van der Waals surface area contributed by atoms with Crippen molar-refractivity contribution in [1.29, 1.82) is 0 Å². The van der Waals surface area contributed by atoms with Crippen molar-refractivity contribution >= 4 is 23.7 Å². The number of nitrogens with one attached hydrogen (secondary N) is 2. The Morgan fingerprint density at radius 1 is 1.02 bits per heavy atom. The highest BCUT2D eigenvalue weighted by molar-refractivity contribution is 6.11. The SMILES string of the molecule is CCC(CC)CC(C(=O)[C@](CC(C)C)(C(=O)NN)[C@H](C/C=C/c1ccccc1)C(=O)NOCc1ccccc1)n1ccnn1. The number of hydroxylamine groups is 1. The van der Waals surface area contributed by atoms with Crippen LogP contribution < -0.4 is 16.7 Å². The first kappa shape index (κ1) is 34.3. The minimum Gasteiger partial charge on any atom is -0.296 e. The molecule has 44 heavy (non-hydrogen) atoms. The van der Waals surface area contributed by atoms with Crippen LogP contribution in [0, 0.1) is 23.2 Å². The summed E-state index contributed by atoms with van der Waals surface area (Å²) in [5.74, 6) is 2.97. The van der Waals surface area contributed by atoms with Crippen molar-refractivity contribution in [3.05, 3.63) is 90.3 Å². The maximum Gasteiger partial charge on any atom is 0.248 e. The van der Waals surface area contributed by atoms with Crippen LogP contribution in [0.5, 0.6) is 0 Å². The van der Waals surface area contributed by atoms with Gasteiger partial charge in [0, 0.05) is 6.20 Å². The second-order valence-electron chi connectivity index (χ2n) is 11.6. The zero-order valence-electron chi connectivity index (χ0n) is 26.2. The fraction of sp³-hybridized carbons (Fsp3) is 0.441. The van der Waals surface area contributed by atoms with Crippen LogP contribution in [0.15, 0.2) is 79.1 Å². The van der Waals surface area contributed by atoms with E-state index in [1.807, 2.05) is 86.7 Å². The van der Waals surface area contributed by atoms with Crippen molar-refractivity contribution in [2.75, 3.05) is 0 Å². The summed E-state index contributed by atoms with van der Waals surface area (Å²) >= 11 is 0. The predicted octanol–water partition coefficient (Wildman–Crippen LogP) is 5.20. The van der Waals surface area contributed by atoms with Crippen LogP contribution >= 0.6 is 0 Å². The van der Waals surface area contributed by atoms with Gasteiger partial charge in [0.25, 0.3) is 0 Å². The molecule has 0 aliphatic rings. The number of benzene rings is 2. The van der Waals surface area contributed by atoms with Gasteiger partial charge in [0.15, 0.2) is 5.78 Å². The fourth-order valence-corrected chi connectivity index (χ4v) is 5.78. The molecule has 3 aromatic rings. The molecule has 0 bridgehead atoms. The molecule has 1 unspecified atom stereocenters. The molecule has 0 saturated heterocycles. The van der Waals surface area contributed by atoms with Crippen LogP contribution in [0.4, 0.5) is 0 Å². The van der Waals surface area contributed by atoms with Crippen LogP contribution in [-0.2, 0) is 25.8 Å². The number of Topliss-reactive ketones (excluding diaryl/α,β-unsaturated/α-hetero) is 1. The van der Waals surface area contributed by atoms with Gasteiger partial charge in [-0.15, -0.1) is 5.10 Å². The summed E-state index contributed by atoms with van der Waals surface area (Å²) in [7, 11) is 0. The Morgan fingerprint density at radius 3 is 2.25 bits per heavy atom. The molecule has 10 nitrogen and oxygen atoms in total. The molecule has 3 rings (SSSR count). The third-order valence-electron chi connectivity index (χ3n) is 8.13. The molecular weight excluding hydrogens is 556 g/mol. The summed E-state index contributed by atoms with van der Waals surface area (Å²) in [5.41, 5.74) is 4.73. The number of rotatable bonds is 18. The summed E-state index contributed by atoms with van der Waals surface area (Å²) in [6.07, 6.45) is 9.09. The minimum atomic E-state index is -1.84. The van der Waals surface area contributed by atoms with Gasteiger partial charge in [-0.3, -0.25) is 24.6 Å². The van der Waals surface area contributed by atoms with Crippen LogP contribution in [0.1, 0.15) is 77.0 Å². The Morgan fingerprint density at radius 2 is 1.68 bits per heavy atom. The van der Waals surface area contributed by atoms with E-state index < -0.39 is 35.0 Å². The summed E-state index contributed by atoms with van der Waals surface area (Å²) in [6, 6.07) is 18.2. The van der Waals surface area contributed by atoms with Gasteiger partial charge in [-0.1, -0.05) is 119 Å². The summed E-state index contributed by atoms with van der Waals surface area (Å²) < 4.78 is 1.50. The van der Waals surface area contributed by atoms with E-state index in [4.69, 9.17) is 10.7 Å². The third-order valence-corrected chi connectivity index (χ3v) is 8.13. The second kappa shape index (κ2) is 17.2. The average molecular weight is 603 g/mol.